The Labute approximate surface area is 195 Å². The molecule has 3 aromatic carbocycles. The minimum absolute atomic E-state index is 0.152. The van der Waals surface area contributed by atoms with Crippen molar-refractivity contribution in [1.29, 1.82) is 0 Å². The summed E-state index contributed by atoms with van der Waals surface area (Å²) < 4.78 is 7.98. The zero-order valence-electron chi connectivity index (χ0n) is 18.3. The number of aromatic nitrogens is 3. The molecule has 0 bridgehead atoms. The third-order valence-corrected chi connectivity index (χ3v) is 6.29. The maximum atomic E-state index is 13.3. The molecule has 168 valence electrons. The molecule has 0 fully saturated rings. The number of fused-ring (bicyclic) bond motifs is 5. The first-order valence-electron chi connectivity index (χ1n) is 11.3. The number of ether oxygens (including phenoxy) is 1. The lowest BCUT2D eigenvalue weighted by atomic mass is 9.86. The molecular weight excluding hydrogens is 428 g/mol. The molecule has 3 heterocycles. The van der Waals surface area contributed by atoms with Crippen LogP contribution in [0.25, 0.3) is 16.8 Å². The monoisotopic (exact) mass is 450 g/mol. The number of hydrogen-bond donors (Lipinski definition) is 2. The standard InChI is InChI=1S/C27H22N4O3/c32-23-16-19(18-10-4-7-13-22(18)34-15-14-17-8-2-1-3-9-17)24-25(29-23)31-21-12-6-5-11-20(21)28-27(31)30-26(24)33/h1-13,19H,14-16H2,(H,29,32)(H,28,30,33)/t19-/m0/s1. The molecule has 34 heavy (non-hydrogen) atoms. The molecule has 7 heteroatoms. The molecule has 1 amide bonds. The minimum atomic E-state index is -0.439. The largest absolute Gasteiger partial charge is 0.493 e. The molecule has 6 rings (SSSR count). The van der Waals surface area contributed by atoms with Gasteiger partial charge < -0.3 is 10.1 Å². The van der Waals surface area contributed by atoms with E-state index < -0.39 is 5.92 Å². The number of anilines is 1. The number of carbonyl (C=O) groups excluding carboxylic acids is 1. The predicted octanol–water partition coefficient (Wildman–Crippen LogP) is 4.27. The van der Waals surface area contributed by atoms with Gasteiger partial charge in [0.15, 0.2) is 0 Å². The molecule has 5 aromatic rings. The van der Waals surface area contributed by atoms with Gasteiger partial charge in [-0.25, -0.2) is 4.98 Å². The fourth-order valence-corrected chi connectivity index (χ4v) is 4.74. The number of H-pyrrole nitrogens is 1. The van der Waals surface area contributed by atoms with Crippen molar-refractivity contribution in [3.63, 3.8) is 0 Å². The summed E-state index contributed by atoms with van der Waals surface area (Å²) >= 11 is 0. The summed E-state index contributed by atoms with van der Waals surface area (Å²) in [5.41, 5.74) is 3.82. The highest BCUT2D eigenvalue weighted by Gasteiger charge is 2.33. The molecule has 0 saturated heterocycles. The van der Waals surface area contributed by atoms with Crippen molar-refractivity contribution in [3.8, 4) is 5.75 Å². The number of imidazole rings is 1. The first kappa shape index (κ1) is 20.2. The third kappa shape index (κ3) is 3.42. The van der Waals surface area contributed by atoms with Gasteiger partial charge in [-0.1, -0.05) is 60.7 Å². The number of amides is 1. The van der Waals surface area contributed by atoms with Crippen LogP contribution >= 0.6 is 0 Å². The molecule has 0 saturated carbocycles. The number of rotatable bonds is 5. The topological polar surface area (TPSA) is 88.5 Å². The molecule has 1 atom stereocenters. The fourth-order valence-electron chi connectivity index (χ4n) is 4.74. The Morgan fingerprint density at radius 3 is 2.59 bits per heavy atom. The number of benzene rings is 3. The average Bonchev–Trinajstić information content (AvgIpc) is 3.23. The highest BCUT2D eigenvalue weighted by molar-refractivity contribution is 5.96. The van der Waals surface area contributed by atoms with Gasteiger partial charge in [0.05, 0.1) is 23.2 Å². The van der Waals surface area contributed by atoms with Crippen molar-refractivity contribution in [2.45, 2.75) is 18.8 Å². The van der Waals surface area contributed by atoms with Crippen LogP contribution in [0.1, 0.15) is 29.0 Å². The van der Waals surface area contributed by atoms with Crippen LogP contribution in [0.2, 0.25) is 0 Å². The first-order chi connectivity index (χ1) is 16.7. The van der Waals surface area contributed by atoms with E-state index in [0.29, 0.717) is 29.5 Å². The average molecular weight is 450 g/mol. The van der Waals surface area contributed by atoms with Gasteiger partial charge in [-0.2, -0.15) is 0 Å². The van der Waals surface area contributed by atoms with Crippen LogP contribution < -0.4 is 15.6 Å². The highest BCUT2D eigenvalue weighted by Crippen LogP contribution is 2.39. The van der Waals surface area contributed by atoms with Crippen LogP contribution in [0.4, 0.5) is 5.82 Å². The first-order valence-corrected chi connectivity index (χ1v) is 11.3. The SMILES string of the molecule is O=C1C[C@@H](c2ccccc2OCCc2ccccc2)c2c(n3c(nc4ccccc43)[nH]c2=O)N1. The summed E-state index contributed by atoms with van der Waals surface area (Å²) in [4.78, 5) is 33.5. The maximum Gasteiger partial charge on any atom is 0.258 e. The van der Waals surface area contributed by atoms with E-state index in [1.54, 1.807) is 0 Å². The molecule has 2 N–H and O–H groups in total. The summed E-state index contributed by atoms with van der Waals surface area (Å²) in [7, 11) is 0. The van der Waals surface area contributed by atoms with Crippen LogP contribution in [-0.4, -0.2) is 26.9 Å². The van der Waals surface area contributed by atoms with E-state index in [-0.39, 0.29) is 17.9 Å². The summed E-state index contributed by atoms with van der Waals surface area (Å²) in [5, 5.41) is 2.93. The number of para-hydroxylation sites is 3. The molecule has 0 radical (unpaired) electrons. The predicted molar refractivity (Wildman–Crippen MR) is 130 cm³/mol. The van der Waals surface area contributed by atoms with Gasteiger partial charge in [0.1, 0.15) is 11.6 Å². The highest BCUT2D eigenvalue weighted by atomic mass is 16.5. The van der Waals surface area contributed by atoms with E-state index in [9.17, 15) is 9.59 Å². The lowest BCUT2D eigenvalue weighted by molar-refractivity contribution is -0.116. The molecule has 0 spiro atoms. The normalized spacial score (nSPS) is 15.3. The van der Waals surface area contributed by atoms with E-state index in [1.165, 1.54) is 5.56 Å². The molecule has 2 aromatic heterocycles. The quantitative estimate of drug-likeness (QED) is 0.419. The van der Waals surface area contributed by atoms with Crippen molar-refractivity contribution < 1.29 is 9.53 Å². The lowest BCUT2D eigenvalue weighted by Gasteiger charge is -2.27. The Kier molecular flexibility index (Phi) is 4.87. The molecular formula is C27H22N4O3. The zero-order valence-corrected chi connectivity index (χ0v) is 18.3. The van der Waals surface area contributed by atoms with E-state index in [0.717, 1.165) is 23.0 Å². The Morgan fingerprint density at radius 1 is 0.941 bits per heavy atom. The Morgan fingerprint density at radius 2 is 1.71 bits per heavy atom. The summed E-state index contributed by atoms with van der Waals surface area (Å²) in [6.07, 6.45) is 0.923. The van der Waals surface area contributed by atoms with Gasteiger partial charge in [-0.3, -0.25) is 19.0 Å². The van der Waals surface area contributed by atoms with Gasteiger partial charge >= 0.3 is 0 Å². The van der Waals surface area contributed by atoms with Crippen molar-refractivity contribution in [2.75, 3.05) is 11.9 Å². The molecule has 7 nitrogen and oxygen atoms in total. The van der Waals surface area contributed by atoms with Gasteiger partial charge in [-0.15, -0.1) is 0 Å². The van der Waals surface area contributed by atoms with Crippen molar-refractivity contribution in [2.24, 2.45) is 0 Å². The fraction of sp³-hybridized carbons (Fsp3) is 0.148. The van der Waals surface area contributed by atoms with Gasteiger partial charge in [-0.05, 0) is 23.8 Å². The van der Waals surface area contributed by atoms with E-state index >= 15 is 0 Å². The Bertz CT molecular complexity index is 1590. The second-order valence-corrected chi connectivity index (χ2v) is 8.40. The van der Waals surface area contributed by atoms with Crippen LogP contribution in [-0.2, 0) is 11.2 Å². The third-order valence-electron chi connectivity index (χ3n) is 6.29. The molecule has 1 aliphatic heterocycles. The second-order valence-electron chi connectivity index (χ2n) is 8.40. The maximum absolute atomic E-state index is 13.3. The van der Waals surface area contributed by atoms with Crippen LogP contribution in [0.15, 0.2) is 83.7 Å². The van der Waals surface area contributed by atoms with Crippen LogP contribution in [0, 0.1) is 0 Å². The van der Waals surface area contributed by atoms with Crippen molar-refractivity contribution >= 4 is 28.5 Å². The van der Waals surface area contributed by atoms with Crippen molar-refractivity contribution in [1.82, 2.24) is 14.4 Å². The number of aromatic amines is 1. The van der Waals surface area contributed by atoms with Gasteiger partial charge in [0, 0.05) is 24.3 Å². The minimum Gasteiger partial charge on any atom is -0.493 e. The Balaban J connectivity index is 1.43. The van der Waals surface area contributed by atoms with Gasteiger partial charge in [0.25, 0.3) is 5.56 Å². The smallest absolute Gasteiger partial charge is 0.258 e. The van der Waals surface area contributed by atoms with E-state index in [1.807, 2.05) is 71.1 Å². The molecule has 0 unspecified atom stereocenters. The Hall–Kier alpha value is -4.39. The van der Waals surface area contributed by atoms with Crippen LogP contribution in [0.5, 0.6) is 5.75 Å². The summed E-state index contributed by atoms with van der Waals surface area (Å²) in [5.74, 6) is 0.956. The second kappa shape index (κ2) is 8.19. The van der Waals surface area contributed by atoms with E-state index in [4.69, 9.17) is 4.74 Å². The van der Waals surface area contributed by atoms with E-state index in [2.05, 4.69) is 27.4 Å². The van der Waals surface area contributed by atoms with Crippen LogP contribution in [0.3, 0.4) is 0 Å². The van der Waals surface area contributed by atoms with Gasteiger partial charge in [0.2, 0.25) is 11.7 Å². The summed E-state index contributed by atoms with van der Waals surface area (Å²) in [6, 6.07) is 25.4. The number of nitrogens with one attached hydrogen (secondary N) is 2. The lowest BCUT2D eigenvalue weighted by Crippen LogP contribution is -2.32. The summed E-state index contributed by atoms with van der Waals surface area (Å²) in [6.45, 7) is 0.494. The number of carbonyl (C=O) groups is 1. The molecule has 0 aliphatic carbocycles. The number of nitrogens with zero attached hydrogens (tertiary/aromatic N) is 2. The van der Waals surface area contributed by atoms with Crippen molar-refractivity contribution in [3.05, 3.63) is 106 Å². The zero-order chi connectivity index (χ0) is 23.1. The number of hydrogen-bond acceptors (Lipinski definition) is 4. The molecule has 1 aliphatic rings.